The number of aromatic nitrogens is 3. The minimum Gasteiger partial charge on any atom is -0.368 e. The third-order valence-corrected chi connectivity index (χ3v) is 4.00. The number of rotatable bonds is 2. The van der Waals surface area contributed by atoms with Crippen molar-refractivity contribution in [3.63, 3.8) is 0 Å². The summed E-state index contributed by atoms with van der Waals surface area (Å²) in [7, 11) is 0. The van der Waals surface area contributed by atoms with Crippen molar-refractivity contribution in [3.8, 4) is 0 Å². The molecule has 0 saturated carbocycles. The zero-order valence-electron chi connectivity index (χ0n) is 10.6. The van der Waals surface area contributed by atoms with Crippen molar-refractivity contribution in [1.29, 1.82) is 0 Å². The zero-order valence-corrected chi connectivity index (χ0v) is 12.1. The molecular formula is C13H13Cl2N5. The Hall–Kier alpha value is -1.56. The monoisotopic (exact) mass is 309 g/mol. The summed E-state index contributed by atoms with van der Waals surface area (Å²) in [5, 5.41) is 9.13. The number of fused-ring (bicyclic) bond motifs is 1. The van der Waals surface area contributed by atoms with Gasteiger partial charge in [-0.3, -0.25) is 4.57 Å². The van der Waals surface area contributed by atoms with Crippen LogP contribution in [-0.2, 0) is 6.42 Å². The molecule has 104 valence electrons. The summed E-state index contributed by atoms with van der Waals surface area (Å²) in [5.74, 6) is 1.30. The van der Waals surface area contributed by atoms with Crippen molar-refractivity contribution in [2.45, 2.75) is 6.42 Å². The molecule has 2 aromatic rings. The van der Waals surface area contributed by atoms with Crippen molar-refractivity contribution in [2.75, 3.05) is 12.3 Å². The molecule has 0 spiro atoms. The molecule has 0 saturated heterocycles. The molecule has 1 aromatic carbocycles. The average molecular weight is 310 g/mol. The lowest BCUT2D eigenvalue weighted by Crippen LogP contribution is -2.24. The van der Waals surface area contributed by atoms with Gasteiger partial charge in [-0.15, -0.1) is 10.2 Å². The first-order chi connectivity index (χ1) is 9.60. The van der Waals surface area contributed by atoms with E-state index in [0.29, 0.717) is 29.0 Å². The van der Waals surface area contributed by atoms with E-state index in [-0.39, 0.29) is 5.92 Å². The van der Waals surface area contributed by atoms with Crippen molar-refractivity contribution >= 4 is 40.9 Å². The van der Waals surface area contributed by atoms with Gasteiger partial charge >= 0.3 is 0 Å². The van der Waals surface area contributed by atoms with Crippen LogP contribution in [0.4, 0.5) is 5.95 Å². The van der Waals surface area contributed by atoms with Crippen LogP contribution < -0.4 is 11.5 Å². The fourth-order valence-corrected chi connectivity index (χ4v) is 2.93. The van der Waals surface area contributed by atoms with Crippen molar-refractivity contribution < 1.29 is 0 Å². The molecule has 1 aliphatic heterocycles. The number of nitrogen functional groups attached to an aromatic ring is 1. The molecule has 1 atom stereocenters. The number of nitrogens with zero attached hydrogens (tertiary/aromatic N) is 3. The highest BCUT2D eigenvalue weighted by Gasteiger charge is 2.25. The van der Waals surface area contributed by atoms with Crippen molar-refractivity contribution in [3.05, 3.63) is 39.6 Å². The molecule has 1 unspecified atom stereocenters. The minimum atomic E-state index is 0.129. The number of halogens is 2. The van der Waals surface area contributed by atoms with E-state index in [4.69, 9.17) is 34.7 Å². The van der Waals surface area contributed by atoms with E-state index in [0.717, 1.165) is 17.0 Å². The maximum Gasteiger partial charge on any atom is 0.226 e. The second-order valence-electron chi connectivity index (χ2n) is 4.69. The molecule has 3 rings (SSSR count). The molecule has 5 nitrogen and oxygen atoms in total. The van der Waals surface area contributed by atoms with Crippen molar-refractivity contribution in [2.24, 2.45) is 11.7 Å². The number of hydrogen-bond acceptors (Lipinski definition) is 4. The highest BCUT2D eigenvalue weighted by molar-refractivity contribution is 6.35. The Morgan fingerprint density at radius 3 is 2.80 bits per heavy atom. The van der Waals surface area contributed by atoms with E-state index >= 15 is 0 Å². The Bertz CT molecular complexity index is 692. The van der Waals surface area contributed by atoms with Crippen LogP contribution >= 0.6 is 23.2 Å². The molecule has 0 bridgehead atoms. The number of nitrogens with two attached hydrogens (primary N) is 2. The van der Waals surface area contributed by atoms with E-state index in [1.165, 1.54) is 0 Å². The first-order valence-corrected chi connectivity index (χ1v) is 6.92. The third kappa shape index (κ3) is 2.18. The summed E-state index contributed by atoms with van der Waals surface area (Å²) >= 11 is 12.2. The van der Waals surface area contributed by atoms with Crippen LogP contribution in [0.2, 0.25) is 10.0 Å². The first-order valence-electron chi connectivity index (χ1n) is 6.16. The molecule has 0 aliphatic carbocycles. The number of anilines is 1. The third-order valence-electron chi connectivity index (χ3n) is 3.46. The van der Waals surface area contributed by atoms with Gasteiger partial charge in [0.05, 0.1) is 0 Å². The lowest BCUT2D eigenvalue weighted by molar-refractivity contribution is 0.631. The van der Waals surface area contributed by atoms with Gasteiger partial charge in [0, 0.05) is 28.6 Å². The van der Waals surface area contributed by atoms with Crippen LogP contribution in [0.25, 0.3) is 11.8 Å². The SMILES string of the molecule is NCC1Cc2nnc(N)n2C=C1c1ccc(Cl)cc1Cl. The molecule has 0 amide bonds. The van der Waals surface area contributed by atoms with E-state index in [1.807, 2.05) is 18.3 Å². The summed E-state index contributed by atoms with van der Waals surface area (Å²) in [5.41, 5.74) is 13.6. The van der Waals surface area contributed by atoms with E-state index in [1.54, 1.807) is 10.6 Å². The van der Waals surface area contributed by atoms with Gasteiger partial charge in [0.1, 0.15) is 5.82 Å². The van der Waals surface area contributed by atoms with Gasteiger partial charge in [-0.25, -0.2) is 0 Å². The summed E-state index contributed by atoms with van der Waals surface area (Å²) in [4.78, 5) is 0. The molecule has 1 aliphatic rings. The summed E-state index contributed by atoms with van der Waals surface area (Å²) in [6.07, 6.45) is 2.59. The van der Waals surface area contributed by atoms with Crippen LogP contribution in [0, 0.1) is 5.92 Å². The fourth-order valence-electron chi connectivity index (χ4n) is 2.42. The van der Waals surface area contributed by atoms with Gasteiger partial charge in [0.15, 0.2) is 0 Å². The molecule has 4 N–H and O–H groups in total. The van der Waals surface area contributed by atoms with Crippen molar-refractivity contribution in [1.82, 2.24) is 14.8 Å². The highest BCUT2D eigenvalue weighted by Crippen LogP contribution is 2.36. The standard InChI is InChI=1S/C13H13Cl2N5/c14-8-1-2-9(11(15)4-8)10-6-20-12(3-7(10)5-16)18-19-13(20)17/h1-2,4,6-7H,3,5,16H2,(H2,17,19). The van der Waals surface area contributed by atoms with Gasteiger partial charge < -0.3 is 11.5 Å². The predicted octanol–water partition coefficient (Wildman–Crippen LogP) is 2.30. The predicted molar refractivity (Wildman–Crippen MR) is 81.3 cm³/mol. The quantitative estimate of drug-likeness (QED) is 0.891. The molecule has 20 heavy (non-hydrogen) atoms. The second-order valence-corrected chi connectivity index (χ2v) is 5.53. The van der Waals surface area contributed by atoms with Crippen LogP contribution in [-0.4, -0.2) is 21.3 Å². The largest absolute Gasteiger partial charge is 0.368 e. The smallest absolute Gasteiger partial charge is 0.226 e. The zero-order chi connectivity index (χ0) is 14.3. The Labute approximate surface area is 126 Å². The van der Waals surface area contributed by atoms with Crippen LogP contribution in [0.5, 0.6) is 0 Å². The normalized spacial score (nSPS) is 17.8. The Balaban J connectivity index is 2.14. The van der Waals surface area contributed by atoms with Crippen LogP contribution in [0.15, 0.2) is 18.2 Å². The lowest BCUT2D eigenvalue weighted by Gasteiger charge is -2.24. The van der Waals surface area contributed by atoms with Gasteiger partial charge in [-0.2, -0.15) is 0 Å². The summed E-state index contributed by atoms with van der Waals surface area (Å²) in [6, 6.07) is 5.42. The second kappa shape index (κ2) is 5.09. The summed E-state index contributed by atoms with van der Waals surface area (Å²) in [6.45, 7) is 0.498. The van der Waals surface area contributed by atoms with Gasteiger partial charge in [0.25, 0.3) is 0 Å². The first kappa shape index (κ1) is 13.4. The maximum atomic E-state index is 6.29. The molecule has 2 heterocycles. The van der Waals surface area contributed by atoms with E-state index in [9.17, 15) is 0 Å². The van der Waals surface area contributed by atoms with Crippen LogP contribution in [0.1, 0.15) is 11.4 Å². The topological polar surface area (TPSA) is 82.8 Å². The van der Waals surface area contributed by atoms with Crippen LogP contribution in [0.3, 0.4) is 0 Å². The molecule has 0 fully saturated rings. The molecule has 1 aromatic heterocycles. The average Bonchev–Trinajstić information content (AvgIpc) is 2.78. The lowest BCUT2D eigenvalue weighted by atomic mass is 9.88. The Morgan fingerprint density at radius 1 is 1.30 bits per heavy atom. The Kier molecular flexibility index (Phi) is 3.41. The van der Waals surface area contributed by atoms with Gasteiger partial charge in [-0.05, 0) is 29.8 Å². The highest BCUT2D eigenvalue weighted by atomic mass is 35.5. The number of benzene rings is 1. The van der Waals surface area contributed by atoms with E-state index < -0.39 is 0 Å². The van der Waals surface area contributed by atoms with Gasteiger partial charge in [0.2, 0.25) is 5.95 Å². The molecule has 0 radical (unpaired) electrons. The minimum absolute atomic E-state index is 0.129. The van der Waals surface area contributed by atoms with E-state index in [2.05, 4.69) is 10.2 Å². The number of hydrogen-bond donors (Lipinski definition) is 2. The fraction of sp³-hybridized carbons (Fsp3) is 0.231. The summed E-state index contributed by atoms with van der Waals surface area (Å²) < 4.78 is 1.77. The Morgan fingerprint density at radius 2 is 2.10 bits per heavy atom. The molecular weight excluding hydrogens is 297 g/mol. The van der Waals surface area contributed by atoms with Gasteiger partial charge in [-0.1, -0.05) is 29.3 Å². The molecule has 7 heteroatoms. The maximum absolute atomic E-state index is 6.29.